The third-order valence-electron chi connectivity index (χ3n) is 3.50. The van der Waals surface area contributed by atoms with Crippen LogP contribution >= 0.6 is 0 Å². The Balaban J connectivity index is 2.09. The second kappa shape index (κ2) is 2.76. The molecular weight excluding hydrogens is 136 g/mol. The third kappa shape index (κ3) is 1.09. The Hall–Kier alpha value is -0.0800. The molecule has 2 nitrogen and oxygen atoms in total. The summed E-state index contributed by atoms with van der Waals surface area (Å²) in [6.07, 6.45) is 5.64. The molecule has 11 heavy (non-hydrogen) atoms. The normalized spacial score (nSPS) is 44.7. The zero-order chi connectivity index (χ0) is 7.84. The van der Waals surface area contributed by atoms with E-state index in [-0.39, 0.29) is 0 Å². The largest absolute Gasteiger partial charge is 0.315 e. The summed E-state index contributed by atoms with van der Waals surface area (Å²) in [6, 6.07) is 2.48. The molecule has 0 amide bonds. The number of likely N-dealkylation sites (N-methyl/N-ethyl adjacent to an activating group) is 2. The van der Waals surface area contributed by atoms with Gasteiger partial charge in [-0.05, 0) is 33.4 Å². The molecule has 2 heterocycles. The predicted molar refractivity (Wildman–Crippen MR) is 46.7 cm³/mol. The summed E-state index contributed by atoms with van der Waals surface area (Å²) in [5.74, 6) is 0. The summed E-state index contributed by atoms with van der Waals surface area (Å²) in [5, 5.41) is 3.42. The van der Waals surface area contributed by atoms with Gasteiger partial charge in [-0.3, -0.25) is 4.90 Å². The fourth-order valence-electron chi connectivity index (χ4n) is 2.77. The number of fused-ring (bicyclic) bond motifs is 2. The maximum atomic E-state index is 3.42. The topological polar surface area (TPSA) is 15.3 Å². The standard InChI is InChI=1S/C9H18N2/c1-10-8-6-7-4-3-5-9(8)11(7)2/h7-10H,3-6H2,1-2H3. The summed E-state index contributed by atoms with van der Waals surface area (Å²) in [6.45, 7) is 0. The lowest BCUT2D eigenvalue weighted by Gasteiger charge is -2.31. The maximum Gasteiger partial charge on any atom is 0.0249 e. The molecule has 2 rings (SSSR count). The molecule has 2 heteroatoms. The van der Waals surface area contributed by atoms with Crippen LogP contribution in [0.4, 0.5) is 0 Å². The van der Waals surface area contributed by atoms with Crippen LogP contribution in [0.3, 0.4) is 0 Å². The lowest BCUT2D eigenvalue weighted by atomic mass is 10.0. The number of nitrogens with zero attached hydrogens (tertiary/aromatic N) is 1. The quantitative estimate of drug-likeness (QED) is 0.602. The molecule has 2 fully saturated rings. The van der Waals surface area contributed by atoms with Crippen LogP contribution in [0.25, 0.3) is 0 Å². The van der Waals surface area contributed by atoms with Crippen molar-refractivity contribution in [1.82, 2.24) is 10.2 Å². The van der Waals surface area contributed by atoms with Crippen LogP contribution in [0.5, 0.6) is 0 Å². The summed E-state index contributed by atoms with van der Waals surface area (Å²) < 4.78 is 0. The molecule has 0 aromatic rings. The molecule has 0 radical (unpaired) electrons. The van der Waals surface area contributed by atoms with Crippen LogP contribution < -0.4 is 5.32 Å². The highest BCUT2D eigenvalue weighted by molar-refractivity contribution is 4.98. The van der Waals surface area contributed by atoms with E-state index >= 15 is 0 Å². The zero-order valence-electron chi connectivity index (χ0n) is 7.51. The van der Waals surface area contributed by atoms with Gasteiger partial charge < -0.3 is 5.32 Å². The van der Waals surface area contributed by atoms with Gasteiger partial charge in [0.2, 0.25) is 0 Å². The maximum absolute atomic E-state index is 3.42. The molecular formula is C9H18N2. The molecule has 1 N–H and O–H groups in total. The molecule has 2 aliphatic heterocycles. The van der Waals surface area contributed by atoms with Gasteiger partial charge in [-0.25, -0.2) is 0 Å². The predicted octanol–water partition coefficient (Wildman–Crippen LogP) is 0.831. The first kappa shape index (κ1) is 7.56. The van der Waals surface area contributed by atoms with E-state index in [0.29, 0.717) is 0 Å². The average Bonchev–Trinajstić information content (AvgIpc) is 2.23. The first-order valence-electron chi connectivity index (χ1n) is 4.72. The van der Waals surface area contributed by atoms with Crippen LogP contribution in [0.1, 0.15) is 25.7 Å². The Bertz CT molecular complexity index is 146. The summed E-state index contributed by atoms with van der Waals surface area (Å²) in [4.78, 5) is 2.57. The first-order chi connectivity index (χ1) is 5.33. The number of nitrogens with one attached hydrogen (secondary N) is 1. The Morgan fingerprint density at radius 1 is 1.36 bits per heavy atom. The van der Waals surface area contributed by atoms with Crippen LogP contribution in [0, 0.1) is 0 Å². The van der Waals surface area contributed by atoms with E-state index in [9.17, 15) is 0 Å². The second-order valence-corrected chi connectivity index (χ2v) is 3.95. The van der Waals surface area contributed by atoms with Crippen molar-refractivity contribution in [3.8, 4) is 0 Å². The summed E-state index contributed by atoms with van der Waals surface area (Å²) in [7, 11) is 4.38. The van der Waals surface area contributed by atoms with Gasteiger partial charge in [0, 0.05) is 18.1 Å². The summed E-state index contributed by atoms with van der Waals surface area (Å²) >= 11 is 0. The molecule has 0 aromatic carbocycles. The lowest BCUT2D eigenvalue weighted by Crippen LogP contribution is -2.42. The van der Waals surface area contributed by atoms with E-state index in [2.05, 4.69) is 24.3 Å². The van der Waals surface area contributed by atoms with E-state index in [1.807, 2.05) is 0 Å². The van der Waals surface area contributed by atoms with Crippen molar-refractivity contribution in [2.45, 2.75) is 43.8 Å². The van der Waals surface area contributed by atoms with Gasteiger partial charge in [0.1, 0.15) is 0 Å². The van der Waals surface area contributed by atoms with E-state index in [4.69, 9.17) is 0 Å². The smallest absolute Gasteiger partial charge is 0.0249 e. The molecule has 2 aliphatic rings. The van der Waals surface area contributed by atoms with Crippen molar-refractivity contribution < 1.29 is 0 Å². The minimum absolute atomic E-state index is 0.771. The minimum atomic E-state index is 0.771. The van der Waals surface area contributed by atoms with Crippen molar-refractivity contribution in [2.24, 2.45) is 0 Å². The number of rotatable bonds is 1. The molecule has 0 spiro atoms. The molecule has 64 valence electrons. The van der Waals surface area contributed by atoms with Crippen molar-refractivity contribution in [1.29, 1.82) is 0 Å². The highest BCUT2D eigenvalue weighted by Crippen LogP contribution is 2.33. The Morgan fingerprint density at radius 2 is 2.18 bits per heavy atom. The minimum Gasteiger partial charge on any atom is -0.315 e. The van der Waals surface area contributed by atoms with Gasteiger partial charge >= 0.3 is 0 Å². The fraction of sp³-hybridized carbons (Fsp3) is 1.00. The third-order valence-corrected chi connectivity index (χ3v) is 3.50. The Kier molecular flexibility index (Phi) is 1.90. The van der Waals surface area contributed by atoms with Crippen molar-refractivity contribution in [3.63, 3.8) is 0 Å². The molecule has 0 saturated carbocycles. The van der Waals surface area contributed by atoms with Gasteiger partial charge in [-0.15, -0.1) is 0 Å². The molecule has 2 bridgehead atoms. The van der Waals surface area contributed by atoms with Gasteiger partial charge in [0.25, 0.3) is 0 Å². The van der Waals surface area contributed by atoms with Crippen LogP contribution in [0.15, 0.2) is 0 Å². The molecule has 3 unspecified atom stereocenters. The van der Waals surface area contributed by atoms with Crippen LogP contribution in [-0.2, 0) is 0 Å². The van der Waals surface area contributed by atoms with E-state index < -0.39 is 0 Å². The van der Waals surface area contributed by atoms with E-state index in [1.54, 1.807) is 0 Å². The highest BCUT2D eigenvalue weighted by Gasteiger charge is 2.40. The molecule has 2 saturated heterocycles. The lowest BCUT2D eigenvalue weighted by molar-refractivity contribution is 0.171. The van der Waals surface area contributed by atoms with Gasteiger partial charge in [-0.2, -0.15) is 0 Å². The van der Waals surface area contributed by atoms with Crippen molar-refractivity contribution >= 4 is 0 Å². The first-order valence-corrected chi connectivity index (χ1v) is 4.72. The van der Waals surface area contributed by atoms with Crippen molar-refractivity contribution in [3.05, 3.63) is 0 Å². The SMILES string of the molecule is CNC1CC2CCCC1N2C. The summed E-state index contributed by atoms with van der Waals surface area (Å²) in [5.41, 5.74) is 0. The number of hydrogen-bond acceptors (Lipinski definition) is 2. The second-order valence-electron chi connectivity index (χ2n) is 3.95. The van der Waals surface area contributed by atoms with Crippen molar-refractivity contribution in [2.75, 3.05) is 14.1 Å². The van der Waals surface area contributed by atoms with Crippen LogP contribution in [0.2, 0.25) is 0 Å². The fourth-order valence-corrected chi connectivity index (χ4v) is 2.77. The van der Waals surface area contributed by atoms with Gasteiger partial charge in [-0.1, -0.05) is 6.42 Å². The van der Waals surface area contributed by atoms with Crippen LogP contribution in [-0.4, -0.2) is 37.1 Å². The monoisotopic (exact) mass is 154 g/mol. The van der Waals surface area contributed by atoms with E-state index in [1.165, 1.54) is 25.7 Å². The molecule has 3 atom stereocenters. The molecule has 0 aromatic heterocycles. The highest BCUT2D eigenvalue weighted by atomic mass is 15.2. The Labute approximate surface area is 69.0 Å². The zero-order valence-corrected chi connectivity index (χ0v) is 7.51. The number of piperidine rings is 1. The number of hydrogen-bond donors (Lipinski definition) is 1. The van der Waals surface area contributed by atoms with E-state index in [0.717, 1.165) is 18.1 Å². The molecule has 0 aliphatic carbocycles. The van der Waals surface area contributed by atoms with Gasteiger partial charge in [0.05, 0.1) is 0 Å². The van der Waals surface area contributed by atoms with Gasteiger partial charge in [0.15, 0.2) is 0 Å². The Morgan fingerprint density at radius 3 is 2.82 bits per heavy atom. The average molecular weight is 154 g/mol.